The minimum Gasteiger partial charge on any atom is -0.321 e. The summed E-state index contributed by atoms with van der Waals surface area (Å²) in [6.45, 7) is 1.70. The fraction of sp³-hybridized carbons (Fsp3) is 0.417. The number of nitrogens with two attached hydrogens (primary N) is 1. The van der Waals surface area contributed by atoms with Gasteiger partial charge in [-0.15, -0.1) is 0 Å². The fourth-order valence-corrected chi connectivity index (χ4v) is 1.46. The molecule has 5 heteroatoms. The smallest absolute Gasteiger partial charge is 0.321 e. The van der Waals surface area contributed by atoms with E-state index in [-0.39, 0.29) is 12.2 Å². The number of Topliss-reactive ketones (excluding diaryl/α,β-unsaturated/α-hetero) is 1. The molecule has 1 atom stereocenters. The van der Waals surface area contributed by atoms with Gasteiger partial charge in [-0.25, -0.2) is 0 Å². The van der Waals surface area contributed by atoms with Gasteiger partial charge in [0.15, 0.2) is 0 Å². The molecule has 2 N–H and O–H groups in total. The van der Waals surface area contributed by atoms with Gasteiger partial charge in [-0.1, -0.05) is 19.1 Å². The molecule has 0 aromatic heterocycles. The van der Waals surface area contributed by atoms with Gasteiger partial charge in [0.05, 0.1) is 11.6 Å². The lowest BCUT2D eigenvalue weighted by Gasteiger charge is -2.11. The molecule has 1 aromatic carbocycles. The second-order valence-corrected chi connectivity index (χ2v) is 3.83. The largest absolute Gasteiger partial charge is 0.416 e. The zero-order valence-corrected chi connectivity index (χ0v) is 9.42. The first kappa shape index (κ1) is 13.7. The lowest BCUT2D eigenvalue weighted by Crippen LogP contribution is -2.32. The van der Waals surface area contributed by atoms with Gasteiger partial charge in [0, 0.05) is 6.42 Å². The molecule has 1 rings (SSSR count). The van der Waals surface area contributed by atoms with Crippen molar-refractivity contribution in [2.24, 2.45) is 5.73 Å². The number of ketones is 1. The molecule has 94 valence electrons. The average Bonchev–Trinajstić information content (AvgIpc) is 2.27. The first-order valence-corrected chi connectivity index (χ1v) is 5.29. The first-order valence-electron chi connectivity index (χ1n) is 5.29. The summed E-state index contributed by atoms with van der Waals surface area (Å²) in [6, 6.07) is 4.06. The van der Waals surface area contributed by atoms with Crippen molar-refractivity contribution < 1.29 is 18.0 Å². The van der Waals surface area contributed by atoms with E-state index in [0.717, 1.165) is 12.1 Å². The monoisotopic (exact) mass is 245 g/mol. The zero-order valence-electron chi connectivity index (χ0n) is 9.42. The van der Waals surface area contributed by atoms with E-state index in [1.165, 1.54) is 12.1 Å². The predicted molar refractivity (Wildman–Crippen MR) is 58.4 cm³/mol. The molecular formula is C12H14F3NO. The molecular weight excluding hydrogens is 231 g/mol. The normalized spacial score (nSPS) is 13.5. The highest BCUT2D eigenvalue weighted by Gasteiger charge is 2.29. The van der Waals surface area contributed by atoms with E-state index in [2.05, 4.69) is 0 Å². The molecule has 2 nitrogen and oxygen atoms in total. The summed E-state index contributed by atoms with van der Waals surface area (Å²) in [4.78, 5) is 11.2. The van der Waals surface area contributed by atoms with Crippen LogP contribution in [0.1, 0.15) is 24.5 Å². The predicted octanol–water partition coefficient (Wildman–Crippen LogP) is 2.55. The number of alkyl halides is 3. The Morgan fingerprint density at radius 2 is 1.82 bits per heavy atom. The number of carbonyl (C=O) groups is 1. The van der Waals surface area contributed by atoms with E-state index in [9.17, 15) is 18.0 Å². The van der Waals surface area contributed by atoms with E-state index < -0.39 is 17.8 Å². The lowest BCUT2D eigenvalue weighted by molar-refractivity contribution is -0.137. The van der Waals surface area contributed by atoms with Gasteiger partial charge in [-0.2, -0.15) is 13.2 Å². The van der Waals surface area contributed by atoms with Gasteiger partial charge in [-0.3, -0.25) is 4.79 Å². The number of benzene rings is 1. The van der Waals surface area contributed by atoms with Crippen LogP contribution in [0.4, 0.5) is 13.2 Å². The van der Waals surface area contributed by atoms with Crippen molar-refractivity contribution in [3.63, 3.8) is 0 Å². The van der Waals surface area contributed by atoms with E-state index in [1.54, 1.807) is 6.92 Å². The summed E-state index contributed by atoms with van der Waals surface area (Å²) in [5.41, 5.74) is 5.55. The number of carbonyl (C=O) groups excluding carboxylic acids is 1. The highest BCUT2D eigenvalue weighted by Crippen LogP contribution is 2.29. The van der Waals surface area contributed by atoms with Crippen LogP contribution < -0.4 is 5.73 Å². The molecule has 0 aliphatic rings. The Labute approximate surface area is 97.6 Å². The van der Waals surface area contributed by atoms with Gasteiger partial charge < -0.3 is 5.73 Å². The van der Waals surface area contributed by atoms with E-state index in [0.29, 0.717) is 12.0 Å². The van der Waals surface area contributed by atoms with Gasteiger partial charge in [0.25, 0.3) is 0 Å². The number of rotatable bonds is 4. The SMILES string of the molecule is CCC(=O)C(N)Cc1ccc(C(F)(F)F)cc1. The zero-order chi connectivity index (χ0) is 13.1. The number of hydrogen-bond donors (Lipinski definition) is 1. The summed E-state index contributed by atoms with van der Waals surface area (Å²) >= 11 is 0. The molecule has 0 aliphatic heterocycles. The standard InChI is InChI=1S/C12H14F3NO/c1-2-11(17)10(16)7-8-3-5-9(6-4-8)12(13,14)15/h3-6,10H,2,7,16H2,1H3. The van der Waals surface area contributed by atoms with E-state index in [4.69, 9.17) is 5.73 Å². The first-order chi connectivity index (χ1) is 7.84. The van der Waals surface area contributed by atoms with Crippen molar-refractivity contribution in [3.05, 3.63) is 35.4 Å². The van der Waals surface area contributed by atoms with Gasteiger partial charge in [-0.05, 0) is 24.1 Å². The van der Waals surface area contributed by atoms with Crippen LogP contribution in [0.25, 0.3) is 0 Å². The van der Waals surface area contributed by atoms with E-state index in [1.807, 2.05) is 0 Å². The molecule has 0 saturated carbocycles. The van der Waals surface area contributed by atoms with Crippen molar-refractivity contribution >= 4 is 5.78 Å². The summed E-state index contributed by atoms with van der Waals surface area (Å²) in [5.74, 6) is -0.0927. The Balaban J connectivity index is 2.72. The Morgan fingerprint density at radius 1 is 1.29 bits per heavy atom. The van der Waals surface area contributed by atoms with Crippen LogP contribution in [0.3, 0.4) is 0 Å². The van der Waals surface area contributed by atoms with Crippen molar-refractivity contribution in [3.8, 4) is 0 Å². The third-order valence-corrected chi connectivity index (χ3v) is 2.50. The number of halogens is 3. The fourth-order valence-electron chi connectivity index (χ4n) is 1.46. The van der Waals surface area contributed by atoms with Crippen molar-refractivity contribution in [2.45, 2.75) is 32.0 Å². The highest BCUT2D eigenvalue weighted by atomic mass is 19.4. The van der Waals surface area contributed by atoms with Gasteiger partial charge >= 0.3 is 6.18 Å². The Kier molecular flexibility index (Phi) is 4.28. The molecule has 0 fully saturated rings. The maximum absolute atomic E-state index is 12.3. The summed E-state index contributed by atoms with van der Waals surface area (Å²) in [7, 11) is 0. The Morgan fingerprint density at radius 3 is 2.24 bits per heavy atom. The van der Waals surface area contributed by atoms with Gasteiger partial charge in [0.1, 0.15) is 5.78 Å². The third kappa shape index (κ3) is 3.85. The average molecular weight is 245 g/mol. The van der Waals surface area contributed by atoms with Crippen LogP contribution >= 0.6 is 0 Å². The summed E-state index contributed by atoms with van der Waals surface area (Å²) < 4.78 is 36.9. The molecule has 1 unspecified atom stereocenters. The molecule has 0 spiro atoms. The topological polar surface area (TPSA) is 43.1 Å². The quantitative estimate of drug-likeness (QED) is 0.885. The van der Waals surface area contributed by atoms with Crippen molar-refractivity contribution in [2.75, 3.05) is 0 Å². The minimum absolute atomic E-state index is 0.0927. The van der Waals surface area contributed by atoms with Crippen LogP contribution in [0.2, 0.25) is 0 Å². The van der Waals surface area contributed by atoms with Crippen molar-refractivity contribution in [1.82, 2.24) is 0 Å². The Bertz CT molecular complexity index is 384. The lowest BCUT2D eigenvalue weighted by atomic mass is 10.0. The molecule has 0 radical (unpaired) electrons. The van der Waals surface area contributed by atoms with Crippen LogP contribution in [-0.4, -0.2) is 11.8 Å². The second kappa shape index (κ2) is 5.31. The maximum atomic E-state index is 12.3. The maximum Gasteiger partial charge on any atom is 0.416 e. The molecule has 1 aromatic rings. The molecule has 0 saturated heterocycles. The van der Waals surface area contributed by atoms with Crippen LogP contribution in [0.15, 0.2) is 24.3 Å². The Hall–Kier alpha value is -1.36. The number of hydrogen-bond acceptors (Lipinski definition) is 2. The molecule has 0 heterocycles. The van der Waals surface area contributed by atoms with Gasteiger partial charge in [0.2, 0.25) is 0 Å². The van der Waals surface area contributed by atoms with Crippen LogP contribution in [-0.2, 0) is 17.4 Å². The second-order valence-electron chi connectivity index (χ2n) is 3.83. The van der Waals surface area contributed by atoms with Crippen molar-refractivity contribution in [1.29, 1.82) is 0 Å². The molecule has 17 heavy (non-hydrogen) atoms. The highest BCUT2D eigenvalue weighted by molar-refractivity contribution is 5.83. The third-order valence-electron chi connectivity index (χ3n) is 2.50. The summed E-state index contributed by atoms with van der Waals surface area (Å²) in [6.07, 6.45) is -3.73. The molecule has 0 aliphatic carbocycles. The van der Waals surface area contributed by atoms with Crippen LogP contribution in [0, 0.1) is 0 Å². The molecule has 0 bridgehead atoms. The van der Waals surface area contributed by atoms with E-state index >= 15 is 0 Å². The van der Waals surface area contributed by atoms with Crippen LogP contribution in [0.5, 0.6) is 0 Å². The minimum atomic E-state index is -4.33. The summed E-state index contributed by atoms with van der Waals surface area (Å²) in [5, 5.41) is 0. The molecule has 0 amide bonds.